The molecule has 1 aliphatic rings. The molecule has 0 heterocycles. The number of rotatable bonds is 4. The third-order valence-corrected chi connectivity index (χ3v) is 4.40. The van der Waals surface area contributed by atoms with E-state index >= 15 is 0 Å². The molecule has 1 fully saturated rings. The van der Waals surface area contributed by atoms with Crippen molar-refractivity contribution >= 4 is 0 Å². The summed E-state index contributed by atoms with van der Waals surface area (Å²) in [5, 5.41) is 0. The van der Waals surface area contributed by atoms with Crippen LogP contribution in [0.3, 0.4) is 0 Å². The molecule has 2 N–H and O–H groups in total. The lowest BCUT2D eigenvalue weighted by Gasteiger charge is -2.32. The van der Waals surface area contributed by atoms with Gasteiger partial charge in [-0.25, -0.2) is 4.39 Å². The van der Waals surface area contributed by atoms with Gasteiger partial charge in [-0.2, -0.15) is 0 Å². The van der Waals surface area contributed by atoms with Crippen molar-refractivity contribution < 1.29 is 9.13 Å². The highest BCUT2D eigenvalue weighted by atomic mass is 19.1. The predicted octanol–water partition coefficient (Wildman–Crippen LogP) is 3.92. The van der Waals surface area contributed by atoms with Crippen LogP contribution >= 0.6 is 0 Å². The third-order valence-electron chi connectivity index (χ3n) is 4.40. The van der Waals surface area contributed by atoms with Crippen LogP contribution in [0, 0.1) is 17.7 Å². The fourth-order valence-electron chi connectivity index (χ4n) is 2.92. The van der Waals surface area contributed by atoms with Crippen LogP contribution in [0.2, 0.25) is 0 Å². The molecule has 1 aliphatic carbocycles. The maximum atomic E-state index is 14.1. The van der Waals surface area contributed by atoms with E-state index in [2.05, 4.69) is 13.8 Å². The number of ether oxygens (including phenoxy) is 1. The fraction of sp³-hybridized carbons (Fsp3) is 0.647. The first-order chi connectivity index (χ1) is 9.45. The SMILES string of the molecule is CC(N)Cc1ccc(OC2CCC(C)C(C)C2)c(F)c1. The molecular weight excluding hydrogens is 253 g/mol. The minimum Gasteiger partial charge on any atom is -0.487 e. The highest BCUT2D eigenvalue weighted by molar-refractivity contribution is 5.30. The Bertz CT molecular complexity index is 447. The molecule has 0 aliphatic heterocycles. The minimum atomic E-state index is -0.269. The monoisotopic (exact) mass is 279 g/mol. The molecule has 1 saturated carbocycles. The van der Waals surface area contributed by atoms with Crippen LogP contribution in [-0.4, -0.2) is 12.1 Å². The van der Waals surface area contributed by atoms with Gasteiger partial charge < -0.3 is 10.5 Å². The van der Waals surface area contributed by atoms with Crippen LogP contribution < -0.4 is 10.5 Å². The Balaban J connectivity index is 1.99. The van der Waals surface area contributed by atoms with E-state index < -0.39 is 0 Å². The molecular formula is C17H26FNO. The molecule has 1 aromatic carbocycles. The number of halogens is 1. The smallest absolute Gasteiger partial charge is 0.165 e. The molecule has 0 amide bonds. The summed E-state index contributed by atoms with van der Waals surface area (Å²) in [6.45, 7) is 6.46. The van der Waals surface area contributed by atoms with Crippen molar-refractivity contribution in [3.05, 3.63) is 29.6 Å². The van der Waals surface area contributed by atoms with Crippen molar-refractivity contribution in [1.29, 1.82) is 0 Å². The van der Waals surface area contributed by atoms with E-state index in [4.69, 9.17) is 10.5 Å². The maximum absolute atomic E-state index is 14.1. The second kappa shape index (κ2) is 6.57. The van der Waals surface area contributed by atoms with Gasteiger partial charge in [-0.05, 0) is 62.1 Å². The summed E-state index contributed by atoms with van der Waals surface area (Å²) in [5.41, 5.74) is 6.66. The molecule has 2 nitrogen and oxygen atoms in total. The van der Waals surface area contributed by atoms with Gasteiger partial charge in [0.2, 0.25) is 0 Å². The van der Waals surface area contributed by atoms with Crippen LogP contribution in [0.25, 0.3) is 0 Å². The van der Waals surface area contributed by atoms with E-state index in [1.165, 1.54) is 0 Å². The van der Waals surface area contributed by atoms with Gasteiger partial charge in [0.15, 0.2) is 11.6 Å². The van der Waals surface area contributed by atoms with E-state index in [0.29, 0.717) is 18.1 Å². The summed E-state index contributed by atoms with van der Waals surface area (Å²) in [4.78, 5) is 0. The van der Waals surface area contributed by atoms with Gasteiger partial charge in [-0.1, -0.05) is 19.9 Å². The molecule has 4 unspecified atom stereocenters. The number of hydrogen-bond donors (Lipinski definition) is 1. The topological polar surface area (TPSA) is 35.2 Å². The zero-order valence-electron chi connectivity index (χ0n) is 12.7. The quantitative estimate of drug-likeness (QED) is 0.906. The largest absolute Gasteiger partial charge is 0.487 e. The van der Waals surface area contributed by atoms with Gasteiger partial charge in [0.05, 0.1) is 6.10 Å². The molecule has 0 aromatic heterocycles. The van der Waals surface area contributed by atoms with Gasteiger partial charge in [0, 0.05) is 6.04 Å². The van der Waals surface area contributed by atoms with Gasteiger partial charge in [0.25, 0.3) is 0 Å². The van der Waals surface area contributed by atoms with Crippen LogP contribution in [-0.2, 0) is 6.42 Å². The summed E-state index contributed by atoms with van der Waals surface area (Å²) < 4.78 is 19.9. The van der Waals surface area contributed by atoms with Gasteiger partial charge in [-0.15, -0.1) is 0 Å². The maximum Gasteiger partial charge on any atom is 0.165 e. The molecule has 2 rings (SSSR count). The van der Waals surface area contributed by atoms with Crippen molar-refractivity contribution in [2.45, 2.75) is 58.6 Å². The Kier molecular flexibility index (Phi) is 5.03. The molecule has 4 atom stereocenters. The second-order valence-electron chi connectivity index (χ2n) is 6.45. The van der Waals surface area contributed by atoms with E-state index in [9.17, 15) is 4.39 Å². The Morgan fingerprint density at radius 1 is 1.30 bits per heavy atom. The summed E-state index contributed by atoms with van der Waals surface area (Å²) >= 11 is 0. The minimum absolute atomic E-state index is 0.0434. The van der Waals surface area contributed by atoms with Crippen LogP contribution in [0.15, 0.2) is 18.2 Å². The van der Waals surface area contributed by atoms with Crippen LogP contribution in [0.4, 0.5) is 4.39 Å². The van der Waals surface area contributed by atoms with Gasteiger partial charge in [-0.3, -0.25) is 0 Å². The highest BCUT2D eigenvalue weighted by Gasteiger charge is 2.26. The Labute approximate surface area is 121 Å². The molecule has 0 saturated heterocycles. The van der Waals surface area contributed by atoms with Gasteiger partial charge >= 0.3 is 0 Å². The van der Waals surface area contributed by atoms with E-state index in [1.807, 2.05) is 13.0 Å². The predicted molar refractivity (Wildman–Crippen MR) is 80.3 cm³/mol. The third kappa shape index (κ3) is 3.95. The molecule has 20 heavy (non-hydrogen) atoms. The molecule has 1 aromatic rings. The Hall–Kier alpha value is -1.09. The van der Waals surface area contributed by atoms with Gasteiger partial charge in [0.1, 0.15) is 0 Å². The summed E-state index contributed by atoms with van der Waals surface area (Å²) in [6, 6.07) is 5.25. The number of benzene rings is 1. The Morgan fingerprint density at radius 2 is 2.05 bits per heavy atom. The first kappa shape index (κ1) is 15.3. The molecule has 0 bridgehead atoms. The van der Waals surface area contributed by atoms with Crippen molar-refractivity contribution in [1.82, 2.24) is 0 Å². The highest BCUT2D eigenvalue weighted by Crippen LogP contribution is 2.32. The molecule has 3 heteroatoms. The summed E-state index contributed by atoms with van der Waals surface area (Å²) in [5.74, 6) is 1.50. The lowest BCUT2D eigenvalue weighted by molar-refractivity contribution is 0.0968. The molecule has 112 valence electrons. The molecule has 0 radical (unpaired) electrons. The zero-order valence-corrected chi connectivity index (χ0v) is 12.7. The van der Waals surface area contributed by atoms with E-state index in [-0.39, 0.29) is 18.0 Å². The van der Waals surface area contributed by atoms with Crippen molar-refractivity contribution in [3.8, 4) is 5.75 Å². The summed E-state index contributed by atoms with van der Waals surface area (Å²) in [6.07, 6.45) is 4.04. The first-order valence-corrected chi connectivity index (χ1v) is 7.66. The zero-order chi connectivity index (χ0) is 14.7. The van der Waals surface area contributed by atoms with E-state index in [1.54, 1.807) is 12.1 Å². The standard InChI is InChI=1S/C17H26FNO/c1-11-4-6-15(8-12(11)2)20-17-7-5-14(9-13(3)19)10-16(17)18/h5,7,10-13,15H,4,6,8-9,19H2,1-3H3. The van der Waals surface area contributed by atoms with Crippen molar-refractivity contribution in [3.63, 3.8) is 0 Å². The Morgan fingerprint density at radius 3 is 2.65 bits per heavy atom. The first-order valence-electron chi connectivity index (χ1n) is 7.66. The van der Waals surface area contributed by atoms with Crippen LogP contribution in [0.5, 0.6) is 5.75 Å². The summed E-state index contributed by atoms with van der Waals surface area (Å²) in [7, 11) is 0. The van der Waals surface area contributed by atoms with Crippen molar-refractivity contribution in [2.24, 2.45) is 17.6 Å². The second-order valence-corrected chi connectivity index (χ2v) is 6.45. The van der Waals surface area contributed by atoms with Crippen molar-refractivity contribution in [2.75, 3.05) is 0 Å². The normalized spacial score (nSPS) is 28.1. The number of hydrogen-bond acceptors (Lipinski definition) is 2. The average Bonchev–Trinajstić information content (AvgIpc) is 2.36. The molecule has 0 spiro atoms. The lowest BCUT2D eigenvalue weighted by atomic mass is 9.80. The average molecular weight is 279 g/mol. The number of nitrogens with two attached hydrogens (primary N) is 1. The van der Waals surface area contributed by atoms with E-state index in [0.717, 1.165) is 30.7 Å². The van der Waals surface area contributed by atoms with Crippen LogP contribution in [0.1, 0.15) is 45.6 Å². The fourth-order valence-corrected chi connectivity index (χ4v) is 2.92. The lowest BCUT2D eigenvalue weighted by Crippen LogP contribution is -2.29.